The molecule has 0 saturated carbocycles. The van der Waals surface area contributed by atoms with Crippen molar-refractivity contribution in [1.82, 2.24) is 0 Å². The van der Waals surface area contributed by atoms with Crippen molar-refractivity contribution in [3.63, 3.8) is 0 Å². The van der Waals surface area contributed by atoms with E-state index < -0.39 is 5.79 Å². The molecule has 64 valence electrons. The van der Waals surface area contributed by atoms with Gasteiger partial charge in [-0.05, 0) is 35.0 Å². The summed E-state index contributed by atoms with van der Waals surface area (Å²) in [6, 6.07) is 2.92. The molecule has 5 heteroatoms. The lowest BCUT2D eigenvalue weighted by atomic mass is 10.2. The molecule has 12 heavy (non-hydrogen) atoms. The van der Waals surface area contributed by atoms with E-state index in [1.54, 1.807) is 0 Å². The molecular weight excluding hydrogens is 229 g/mol. The fraction of sp³-hybridized carbons (Fsp3) is 0.286. The van der Waals surface area contributed by atoms with Gasteiger partial charge < -0.3 is 4.42 Å². The molecule has 0 aromatic carbocycles. The molecule has 1 rings (SSSR count). The van der Waals surface area contributed by atoms with Gasteiger partial charge in [0.05, 0.1) is 0 Å². The number of hydrogen-bond donors (Lipinski definition) is 0. The second-order valence-electron chi connectivity index (χ2n) is 2.26. The van der Waals surface area contributed by atoms with Crippen LogP contribution in [0.25, 0.3) is 0 Å². The Morgan fingerprint density at radius 2 is 2.42 bits per heavy atom. The van der Waals surface area contributed by atoms with E-state index in [-0.39, 0.29) is 5.76 Å². The van der Waals surface area contributed by atoms with Crippen LogP contribution in [0.1, 0.15) is 12.7 Å². The van der Waals surface area contributed by atoms with E-state index >= 15 is 0 Å². The van der Waals surface area contributed by atoms with Crippen LogP contribution in [0.5, 0.6) is 0 Å². The van der Waals surface area contributed by atoms with Gasteiger partial charge in [0.15, 0.2) is 10.4 Å². The molecule has 0 amide bonds. The van der Waals surface area contributed by atoms with Crippen LogP contribution in [0.2, 0.25) is 0 Å². The number of isocyanates is 1. The zero-order chi connectivity index (χ0) is 9.19. The van der Waals surface area contributed by atoms with Gasteiger partial charge in [-0.1, -0.05) is 0 Å². The Hall–Kier alpha value is -0.930. The van der Waals surface area contributed by atoms with Crippen LogP contribution < -0.4 is 0 Å². The van der Waals surface area contributed by atoms with E-state index in [0.29, 0.717) is 4.67 Å². The molecule has 1 aromatic heterocycles. The summed E-state index contributed by atoms with van der Waals surface area (Å²) in [6.07, 6.45) is 1.14. The third kappa shape index (κ3) is 1.81. The van der Waals surface area contributed by atoms with Gasteiger partial charge in [0.25, 0.3) is 5.79 Å². The zero-order valence-electron chi connectivity index (χ0n) is 6.17. The van der Waals surface area contributed by atoms with Crippen molar-refractivity contribution >= 4 is 22.0 Å². The monoisotopic (exact) mass is 233 g/mol. The lowest BCUT2D eigenvalue weighted by Gasteiger charge is -2.07. The Morgan fingerprint density at radius 1 is 1.75 bits per heavy atom. The number of furan rings is 1. The Labute approximate surface area is 76.4 Å². The first-order valence-corrected chi connectivity index (χ1v) is 3.89. The Balaban J connectivity index is 3.04. The molecular formula is C7H5BrFNO2. The molecule has 0 fully saturated rings. The van der Waals surface area contributed by atoms with Gasteiger partial charge in [-0.3, -0.25) is 0 Å². The van der Waals surface area contributed by atoms with E-state index in [4.69, 9.17) is 4.42 Å². The van der Waals surface area contributed by atoms with Gasteiger partial charge in [-0.25, -0.2) is 9.18 Å². The van der Waals surface area contributed by atoms with Gasteiger partial charge >= 0.3 is 0 Å². The first-order chi connectivity index (χ1) is 5.56. The van der Waals surface area contributed by atoms with Crippen LogP contribution in [0.4, 0.5) is 4.39 Å². The first-order valence-electron chi connectivity index (χ1n) is 3.10. The third-order valence-corrected chi connectivity index (χ3v) is 1.70. The van der Waals surface area contributed by atoms with Crippen LogP contribution in [0, 0.1) is 0 Å². The maximum atomic E-state index is 13.3. The summed E-state index contributed by atoms with van der Waals surface area (Å²) in [7, 11) is 0. The molecule has 0 aliphatic heterocycles. The van der Waals surface area contributed by atoms with Crippen LogP contribution in [-0.4, -0.2) is 6.08 Å². The molecule has 3 nitrogen and oxygen atoms in total. The minimum Gasteiger partial charge on any atom is -0.449 e. The summed E-state index contributed by atoms with van der Waals surface area (Å²) in [4.78, 5) is 12.8. The fourth-order valence-corrected chi connectivity index (χ4v) is 1.01. The van der Waals surface area contributed by atoms with Crippen LogP contribution >= 0.6 is 15.9 Å². The average molecular weight is 234 g/mol. The van der Waals surface area contributed by atoms with Crippen LogP contribution in [-0.2, 0) is 10.6 Å². The van der Waals surface area contributed by atoms with Crippen LogP contribution in [0.3, 0.4) is 0 Å². The summed E-state index contributed by atoms with van der Waals surface area (Å²) in [5, 5.41) is 0. The Bertz CT molecular complexity index is 328. The number of halogens is 2. The molecule has 0 spiro atoms. The van der Waals surface area contributed by atoms with E-state index in [9.17, 15) is 9.18 Å². The third-order valence-electron chi connectivity index (χ3n) is 1.28. The van der Waals surface area contributed by atoms with Crippen molar-refractivity contribution in [2.45, 2.75) is 12.7 Å². The number of carbonyl (C=O) groups excluding carboxylic acids is 1. The standard InChI is InChI=1S/C7H5BrFNO2/c1-7(9,10-4-11)5-2-3-6(8)12-5/h2-3H,1H3. The second-order valence-corrected chi connectivity index (χ2v) is 3.04. The van der Waals surface area contributed by atoms with E-state index in [2.05, 4.69) is 20.9 Å². The number of alkyl halides is 1. The predicted octanol–water partition coefficient (Wildman–Crippen LogP) is 2.52. The van der Waals surface area contributed by atoms with Gasteiger partial charge in [0.1, 0.15) is 0 Å². The lowest BCUT2D eigenvalue weighted by Crippen LogP contribution is -2.09. The quantitative estimate of drug-likeness (QED) is 0.448. The highest BCUT2D eigenvalue weighted by atomic mass is 79.9. The van der Waals surface area contributed by atoms with Crippen molar-refractivity contribution in [3.8, 4) is 0 Å². The highest BCUT2D eigenvalue weighted by molar-refractivity contribution is 9.10. The summed E-state index contributed by atoms with van der Waals surface area (Å²) in [5.74, 6) is -2.16. The lowest BCUT2D eigenvalue weighted by molar-refractivity contribution is 0.163. The highest BCUT2D eigenvalue weighted by Crippen LogP contribution is 2.29. The topological polar surface area (TPSA) is 42.6 Å². The summed E-state index contributed by atoms with van der Waals surface area (Å²) in [6.45, 7) is 1.11. The second kappa shape index (κ2) is 3.21. The van der Waals surface area contributed by atoms with Gasteiger partial charge in [0, 0.05) is 0 Å². The largest absolute Gasteiger partial charge is 0.449 e. The number of rotatable bonds is 2. The maximum absolute atomic E-state index is 13.3. The van der Waals surface area contributed by atoms with Crippen LogP contribution in [0.15, 0.2) is 26.2 Å². The first kappa shape index (κ1) is 9.16. The van der Waals surface area contributed by atoms with Crippen molar-refractivity contribution in [3.05, 3.63) is 22.6 Å². The Kier molecular flexibility index (Phi) is 2.45. The zero-order valence-corrected chi connectivity index (χ0v) is 7.76. The van der Waals surface area contributed by atoms with Crippen molar-refractivity contribution in [1.29, 1.82) is 0 Å². The summed E-state index contributed by atoms with van der Waals surface area (Å²) < 4.78 is 18.6. The summed E-state index contributed by atoms with van der Waals surface area (Å²) in [5.41, 5.74) is 0. The SMILES string of the molecule is CC(F)(N=C=O)c1ccc(Br)o1. The molecule has 0 aliphatic carbocycles. The number of hydrogen-bond acceptors (Lipinski definition) is 3. The average Bonchev–Trinajstić information content (AvgIpc) is 2.36. The minimum atomic E-state index is -2.13. The molecule has 0 bridgehead atoms. The van der Waals surface area contributed by atoms with E-state index in [0.717, 1.165) is 13.0 Å². The van der Waals surface area contributed by atoms with Crippen molar-refractivity contribution in [2.24, 2.45) is 4.99 Å². The molecule has 1 atom stereocenters. The van der Waals surface area contributed by atoms with Crippen molar-refractivity contribution in [2.75, 3.05) is 0 Å². The Morgan fingerprint density at radius 3 is 2.83 bits per heavy atom. The molecule has 0 saturated heterocycles. The van der Waals surface area contributed by atoms with Gasteiger partial charge in [0.2, 0.25) is 6.08 Å². The smallest absolute Gasteiger partial charge is 0.265 e. The van der Waals surface area contributed by atoms with Gasteiger partial charge in [-0.2, -0.15) is 4.99 Å². The number of nitrogens with zero attached hydrogens (tertiary/aromatic N) is 1. The molecule has 1 heterocycles. The normalized spacial score (nSPS) is 14.9. The molecule has 0 aliphatic rings. The minimum absolute atomic E-state index is 0.0299. The number of aliphatic imine (C=N–C) groups is 1. The highest BCUT2D eigenvalue weighted by Gasteiger charge is 2.28. The van der Waals surface area contributed by atoms with Gasteiger partial charge in [-0.15, -0.1) is 0 Å². The fourth-order valence-electron chi connectivity index (χ4n) is 0.700. The van der Waals surface area contributed by atoms with E-state index in [1.165, 1.54) is 12.1 Å². The maximum Gasteiger partial charge on any atom is 0.265 e. The van der Waals surface area contributed by atoms with Crippen molar-refractivity contribution < 1.29 is 13.6 Å². The summed E-state index contributed by atoms with van der Waals surface area (Å²) >= 11 is 3.00. The van der Waals surface area contributed by atoms with E-state index in [1.807, 2.05) is 0 Å². The molecule has 1 unspecified atom stereocenters. The molecule has 0 N–H and O–H groups in total. The molecule has 0 radical (unpaired) electrons. The predicted molar refractivity (Wildman–Crippen MR) is 43.0 cm³/mol. The molecule has 1 aromatic rings.